The number of aliphatic hydroxyl groups excluding tert-OH is 1. The Morgan fingerprint density at radius 2 is 1.86 bits per heavy atom. The Balaban J connectivity index is 2.53. The Kier molecular flexibility index (Phi) is 6.15. The summed E-state index contributed by atoms with van der Waals surface area (Å²) in [5, 5.41) is 14.7. The zero-order valence-corrected chi connectivity index (χ0v) is 13.1. The minimum atomic E-state index is -0.295. The fraction of sp³-hybridized carbons (Fsp3) is 0.562. The molecule has 3 N–H and O–H groups in total. The van der Waals surface area contributed by atoms with Crippen LogP contribution in [0.4, 0.5) is 9.18 Å². The van der Waals surface area contributed by atoms with Crippen LogP contribution in [0.3, 0.4) is 0 Å². The van der Waals surface area contributed by atoms with Gasteiger partial charge in [0.25, 0.3) is 0 Å². The van der Waals surface area contributed by atoms with Crippen LogP contribution in [0.2, 0.25) is 0 Å². The Labute approximate surface area is 125 Å². The predicted molar refractivity (Wildman–Crippen MR) is 81.7 cm³/mol. The van der Waals surface area contributed by atoms with Crippen LogP contribution in [0.25, 0.3) is 0 Å². The van der Waals surface area contributed by atoms with Crippen molar-refractivity contribution in [3.05, 3.63) is 35.6 Å². The van der Waals surface area contributed by atoms with E-state index >= 15 is 0 Å². The van der Waals surface area contributed by atoms with Gasteiger partial charge in [0.15, 0.2) is 0 Å². The second kappa shape index (κ2) is 7.41. The number of aliphatic hydroxyl groups is 1. The van der Waals surface area contributed by atoms with Gasteiger partial charge in [-0.2, -0.15) is 0 Å². The van der Waals surface area contributed by atoms with Gasteiger partial charge < -0.3 is 15.7 Å². The Morgan fingerprint density at radius 3 is 2.38 bits per heavy atom. The largest absolute Gasteiger partial charge is 0.396 e. The van der Waals surface area contributed by atoms with Gasteiger partial charge in [-0.25, -0.2) is 9.18 Å². The summed E-state index contributed by atoms with van der Waals surface area (Å²) in [5.41, 5.74) is 0.664. The second-order valence-corrected chi connectivity index (χ2v) is 6.17. The van der Waals surface area contributed by atoms with Gasteiger partial charge in [0.2, 0.25) is 0 Å². The van der Waals surface area contributed by atoms with Crippen molar-refractivity contribution in [3.8, 4) is 0 Å². The summed E-state index contributed by atoms with van der Waals surface area (Å²) < 4.78 is 12.9. The summed E-state index contributed by atoms with van der Waals surface area (Å²) in [4.78, 5) is 11.8. The molecule has 0 heterocycles. The molecular formula is C16H25FN2O2. The van der Waals surface area contributed by atoms with Crippen LogP contribution >= 0.6 is 0 Å². The van der Waals surface area contributed by atoms with Gasteiger partial charge in [0.05, 0.1) is 0 Å². The van der Waals surface area contributed by atoms with Gasteiger partial charge in [-0.3, -0.25) is 0 Å². The van der Waals surface area contributed by atoms with Gasteiger partial charge in [0, 0.05) is 24.6 Å². The third-order valence-corrected chi connectivity index (χ3v) is 3.82. The van der Waals surface area contributed by atoms with Gasteiger partial charge >= 0.3 is 6.03 Å². The number of benzene rings is 1. The summed E-state index contributed by atoms with van der Waals surface area (Å²) in [7, 11) is 0. The number of amides is 2. The number of urea groups is 1. The third kappa shape index (κ3) is 5.34. The van der Waals surface area contributed by atoms with Crippen LogP contribution in [0.1, 0.15) is 33.3 Å². The van der Waals surface area contributed by atoms with Crippen molar-refractivity contribution < 1.29 is 14.3 Å². The molecule has 0 aliphatic heterocycles. The molecule has 0 spiro atoms. The molecule has 0 aliphatic carbocycles. The van der Waals surface area contributed by atoms with Gasteiger partial charge in [0.1, 0.15) is 5.82 Å². The number of halogens is 1. The second-order valence-electron chi connectivity index (χ2n) is 6.17. The van der Waals surface area contributed by atoms with Crippen molar-refractivity contribution in [2.24, 2.45) is 5.92 Å². The topological polar surface area (TPSA) is 61.4 Å². The number of nitrogens with one attached hydrogen (secondary N) is 2. The molecule has 0 saturated carbocycles. The van der Waals surface area contributed by atoms with Crippen molar-refractivity contribution >= 4 is 6.03 Å². The van der Waals surface area contributed by atoms with E-state index in [2.05, 4.69) is 10.6 Å². The quantitative estimate of drug-likeness (QED) is 0.755. The molecule has 0 bridgehead atoms. The van der Waals surface area contributed by atoms with E-state index in [-0.39, 0.29) is 35.8 Å². The number of carbonyl (C=O) groups excluding carboxylic acids is 1. The van der Waals surface area contributed by atoms with E-state index in [0.29, 0.717) is 6.54 Å². The molecule has 1 aromatic rings. The van der Waals surface area contributed by atoms with E-state index in [4.69, 9.17) is 5.11 Å². The Bertz CT molecular complexity index is 460. The van der Waals surface area contributed by atoms with Gasteiger partial charge in [-0.05, 0) is 30.5 Å². The molecule has 1 rings (SSSR count). The summed E-state index contributed by atoms with van der Waals surface area (Å²) in [6, 6.07) is 5.92. The molecule has 118 valence electrons. The summed E-state index contributed by atoms with van der Waals surface area (Å²) in [6.45, 7) is 8.16. The highest BCUT2D eigenvalue weighted by Crippen LogP contribution is 2.22. The zero-order valence-electron chi connectivity index (χ0n) is 13.1. The van der Waals surface area contributed by atoms with Crippen LogP contribution in [-0.4, -0.2) is 30.3 Å². The average molecular weight is 296 g/mol. The maximum Gasteiger partial charge on any atom is 0.315 e. The molecule has 4 nitrogen and oxygen atoms in total. The lowest BCUT2D eigenvalue weighted by Crippen LogP contribution is -2.47. The zero-order chi connectivity index (χ0) is 16.0. The maximum atomic E-state index is 12.9. The molecule has 21 heavy (non-hydrogen) atoms. The van der Waals surface area contributed by atoms with Crippen LogP contribution in [0, 0.1) is 11.7 Å². The van der Waals surface area contributed by atoms with E-state index in [1.165, 1.54) is 12.1 Å². The normalized spacial score (nSPS) is 14.4. The molecule has 2 unspecified atom stereocenters. The minimum Gasteiger partial charge on any atom is -0.396 e. The first-order valence-corrected chi connectivity index (χ1v) is 7.17. The standard InChI is InChI=1S/C16H25FN2O2/c1-11(9-20)12(2)19-15(21)18-10-16(3,4)13-5-7-14(17)8-6-13/h5-8,11-12,20H,9-10H2,1-4H3,(H2,18,19,21). The Hall–Kier alpha value is -1.62. The predicted octanol–water partition coefficient (Wildman–Crippen LogP) is 2.42. The highest BCUT2D eigenvalue weighted by molar-refractivity contribution is 5.74. The fourth-order valence-electron chi connectivity index (χ4n) is 1.86. The van der Waals surface area contributed by atoms with Crippen molar-refractivity contribution in [2.75, 3.05) is 13.2 Å². The summed E-state index contributed by atoms with van der Waals surface area (Å²) in [5.74, 6) is -0.270. The molecule has 0 radical (unpaired) electrons. The third-order valence-electron chi connectivity index (χ3n) is 3.82. The van der Waals surface area contributed by atoms with Crippen molar-refractivity contribution in [3.63, 3.8) is 0 Å². The lowest BCUT2D eigenvalue weighted by atomic mass is 9.84. The van der Waals surface area contributed by atoms with Crippen LogP contribution in [-0.2, 0) is 5.41 Å². The molecule has 1 aromatic carbocycles. The molecule has 5 heteroatoms. The highest BCUT2D eigenvalue weighted by Gasteiger charge is 2.22. The average Bonchev–Trinajstić information content (AvgIpc) is 2.44. The summed E-state index contributed by atoms with van der Waals surface area (Å²) in [6.07, 6.45) is 0. The van der Waals surface area contributed by atoms with E-state index in [1.807, 2.05) is 27.7 Å². The number of rotatable bonds is 6. The van der Waals surface area contributed by atoms with Gasteiger partial charge in [-0.1, -0.05) is 32.9 Å². The minimum absolute atomic E-state index is 0.000795. The van der Waals surface area contributed by atoms with Crippen molar-refractivity contribution in [1.82, 2.24) is 10.6 Å². The first-order chi connectivity index (χ1) is 9.76. The molecule has 0 aromatic heterocycles. The highest BCUT2D eigenvalue weighted by atomic mass is 19.1. The number of carbonyl (C=O) groups is 1. The first kappa shape index (κ1) is 17.4. The fourth-order valence-corrected chi connectivity index (χ4v) is 1.86. The lowest BCUT2D eigenvalue weighted by molar-refractivity contribution is 0.199. The first-order valence-electron chi connectivity index (χ1n) is 7.17. The maximum absolute atomic E-state index is 12.9. The SMILES string of the molecule is CC(CO)C(C)NC(=O)NCC(C)(C)c1ccc(F)cc1. The van der Waals surface area contributed by atoms with Gasteiger partial charge in [-0.15, -0.1) is 0 Å². The monoisotopic (exact) mass is 296 g/mol. The molecule has 2 atom stereocenters. The smallest absolute Gasteiger partial charge is 0.315 e. The molecule has 0 saturated heterocycles. The molecule has 0 fully saturated rings. The van der Waals surface area contributed by atoms with E-state index in [9.17, 15) is 9.18 Å². The van der Waals surface area contributed by atoms with E-state index in [1.54, 1.807) is 12.1 Å². The van der Waals surface area contributed by atoms with Crippen molar-refractivity contribution in [2.45, 2.75) is 39.2 Å². The van der Waals surface area contributed by atoms with E-state index in [0.717, 1.165) is 5.56 Å². The molecule has 2 amide bonds. The van der Waals surface area contributed by atoms with E-state index < -0.39 is 0 Å². The van der Waals surface area contributed by atoms with Crippen LogP contribution in [0.5, 0.6) is 0 Å². The van der Waals surface area contributed by atoms with Crippen LogP contribution in [0.15, 0.2) is 24.3 Å². The lowest BCUT2D eigenvalue weighted by Gasteiger charge is -2.27. The summed E-state index contributed by atoms with van der Waals surface area (Å²) >= 11 is 0. The number of hydrogen-bond donors (Lipinski definition) is 3. The van der Waals surface area contributed by atoms with Crippen molar-refractivity contribution in [1.29, 1.82) is 0 Å². The van der Waals surface area contributed by atoms with Crippen LogP contribution < -0.4 is 10.6 Å². The molecular weight excluding hydrogens is 271 g/mol. The number of hydrogen-bond acceptors (Lipinski definition) is 2. The molecule has 0 aliphatic rings. The Morgan fingerprint density at radius 1 is 1.29 bits per heavy atom.